The highest BCUT2D eigenvalue weighted by atomic mass is 16.5. The maximum atomic E-state index is 11.4. The van der Waals surface area contributed by atoms with Crippen molar-refractivity contribution in [3.63, 3.8) is 0 Å². The van der Waals surface area contributed by atoms with Gasteiger partial charge in [0, 0.05) is 13.1 Å². The second kappa shape index (κ2) is 4.49. The van der Waals surface area contributed by atoms with Crippen LogP contribution >= 0.6 is 0 Å². The summed E-state index contributed by atoms with van der Waals surface area (Å²) in [7, 11) is 0. The Labute approximate surface area is 91.0 Å². The lowest BCUT2D eigenvalue weighted by molar-refractivity contribution is -0.148. The van der Waals surface area contributed by atoms with Gasteiger partial charge in [0.2, 0.25) is 0 Å². The Morgan fingerprint density at radius 3 is 2.53 bits per heavy atom. The lowest BCUT2D eigenvalue weighted by Crippen LogP contribution is -2.32. The molecule has 0 aromatic heterocycles. The van der Waals surface area contributed by atoms with Crippen LogP contribution in [0, 0.1) is 11.8 Å². The molecule has 1 N–H and O–H groups in total. The van der Waals surface area contributed by atoms with Crippen LogP contribution in [-0.2, 0) is 9.53 Å². The molecule has 4 heteroatoms. The Morgan fingerprint density at radius 1 is 1.40 bits per heavy atom. The molecule has 2 unspecified atom stereocenters. The number of nitrogens with zero attached hydrogens (tertiary/aromatic N) is 1. The molecule has 15 heavy (non-hydrogen) atoms. The third-order valence-corrected chi connectivity index (χ3v) is 3.18. The minimum atomic E-state index is -0.0852. The summed E-state index contributed by atoms with van der Waals surface area (Å²) in [6.45, 7) is 8.56. The van der Waals surface area contributed by atoms with Gasteiger partial charge in [-0.25, -0.2) is 0 Å². The van der Waals surface area contributed by atoms with Crippen molar-refractivity contribution in [2.45, 2.75) is 20.0 Å². The Bertz CT molecular complexity index is 231. The quantitative estimate of drug-likeness (QED) is 0.673. The van der Waals surface area contributed by atoms with Gasteiger partial charge in [-0.1, -0.05) is 0 Å². The van der Waals surface area contributed by atoms with Crippen molar-refractivity contribution in [3.05, 3.63) is 0 Å². The predicted octanol–water partition coefficient (Wildman–Crippen LogP) is 0.0892. The van der Waals surface area contributed by atoms with Gasteiger partial charge < -0.3 is 10.1 Å². The summed E-state index contributed by atoms with van der Waals surface area (Å²) in [5.74, 6) is 1.41. The molecule has 2 saturated heterocycles. The Balaban J connectivity index is 1.75. The van der Waals surface area contributed by atoms with Crippen LogP contribution in [0.25, 0.3) is 0 Å². The van der Waals surface area contributed by atoms with Gasteiger partial charge in [-0.2, -0.15) is 0 Å². The van der Waals surface area contributed by atoms with Crippen LogP contribution in [0.5, 0.6) is 0 Å². The Morgan fingerprint density at radius 2 is 2.00 bits per heavy atom. The number of esters is 1. The van der Waals surface area contributed by atoms with E-state index in [0.717, 1.165) is 38.0 Å². The van der Waals surface area contributed by atoms with Gasteiger partial charge >= 0.3 is 5.97 Å². The number of likely N-dealkylation sites (tertiary alicyclic amines) is 1. The van der Waals surface area contributed by atoms with Crippen molar-refractivity contribution in [2.75, 3.05) is 32.7 Å². The topological polar surface area (TPSA) is 41.6 Å². The number of hydrogen-bond donors (Lipinski definition) is 1. The molecule has 2 rings (SSSR count). The normalized spacial score (nSPS) is 30.9. The Kier molecular flexibility index (Phi) is 3.26. The molecular formula is C11H20N2O2. The summed E-state index contributed by atoms with van der Waals surface area (Å²) in [5.41, 5.74) is 0. The zero-order valence-electron chi connectivity index (χ0n) is 9.53. The number of fused-ring (bicyclic) bond motifs is 1. The standard InChI is InChI=1S/C11H20N2O2/c1-8(2)15-11(14)7-13-5-9-3-12-4-10(9)6-13/h8-10,12H,3-7H2,1-2H3. The zero-order valence-corrected chi connectivity index (χ0v) is 9.53. The summed E-state index contributed by atoms with van der Waals surface area (Å²) in [6.07, 6.45) is 0.00118. The molecule has 0 spiro atoms. The van der Waals surface area contributed by atoms with E-state index in [0.29, 0.717) is 6.54 Å². The SMILES string of the molecule is CC(C)OC(=O)CN1CC2CNCC2C1. The van der Waals surface area contributed by atoms with E-state index < -0.39 is 0 Å². The molecule has 0 aromatic carbocycles. The largest absolute Gasteiger partial charge is 0.462 e. The van der Waals surface area contributed by atoms with E-state index in [4.69, 9.17) is 4.74 Å². The van der Waals surface area contributed by atoms with Gasteiger partial charge in [0.1, 0.15) is 0 Å². The molecule has 0 aromatic rings. The summed E-state index contributed by atoms with van der Waals surface area (Å²) in [4.78, 5) is 13.7. The molecule has 2 fully saturated rings. The number of carbonyl (C=O) groups is 1. The van der Waals surface area contributed by atoms with Crippen LogP contribution in [0.3, 0.4) is 0 Å². The Hall–Kier alpha value is -0.610. The summed E-state index contributed by atoms with van der Waals surface area (Å²) in [5, 5.41) is 3.39. The van der Waals surface area contributed by atoms with Crippen LogP contribution in [-0.4, -0.2) is 49.7 Å². The summed E-state index contributed by atoms with van der Waals surface area (Å²) in [6, 6.07) is 0. The van der Waals surface area contributed by atoms with E-state index in [-0.39, 0.29) is 12.1 Å². The molecule has 0 amide bonds. The number of carbonyl (C=O) groups excluding carboxylic acids is 1. The van der Waals surface area contributed by atoms with Gasteiger partial charge in [-0.3, -0.25) is 9.69 Å². The van der Waals surface area contributed by atoms with Gasteiger partial charge in [0.05, 0.1) is 12.6 Å². The molecule has 0 saturated carbocycles. The van der Waals surface area contributed by atoms with Crippen molar-refractivity contribution in [1.29, 1.82) is 0 Å². The maximum absolute atomic E-state index is 11.4. The lowest BCUT2D eigenvalue weighted by Gasteiger charge is -2.16. The average molecular weight is 212 g/mol. The van der Waals surface area contributed by atoms with E-state index in [1.54, 1.807) is 0 Å². The van der Waals surface area contributed by atoms with Crippen LogP contribution in [0.2, 0.25) is 0 Å². The minimum Gasteiger partial charge on any atom is -0.462 e. The van der Waals surface area contributed by atoms with Gasteiger partial charge in [-0.15, -0.1) is 0 Å². The third-order valence-electron chi connectivity index (χ3n) is 3.18. The van der Waals surface area contributed by atoms with Gasteiger partial charge in [-0.05, 0) is 38.8 Å². The predicted molar refractivity (Wildman–Crippen MR) is 57.5 cm³/mol. The third kappa shape index (κ3) is 2.69. The molecule has 0 bridgehead atoms. The first-order valence-corrected chi connectivity index (χ1v) is 5.77. The second-order valence-corrected chi connectivity index (χ2v) is 4.91. The van der Waals surface area contributed by atoms with Crippen LogP contribution in [0.15, 0.2) is 0 Å². The highest BCUT2D eigenvalue weighted by Gasteiger charge is 2.36. The monoisotopic (exact) mass is 212 g/mol. The minimum absolute atomic E-state index is 0.00118. The first-order valence-electron chi connectivity index (χ1n) is 5.77. The first-order chi connectivity index (χ1) is 7.15. The van der Waals surface area contributed by atoms with Gasteiger partial charge in [0.15, 0.2) is 0 Å². The number of hydrogen-bond acceptors (Lipinski definition) is 4. The molecule has 4 nitrogen and oxygen atoms in total. The smallest absolute Gasteiger partial charge is 0.320 e. The molecule has 2 aliphatic heterocycles. The fraction of sp³-hybridized carbons (Fsp3) is 0.909. The zero-order chi connectivity index (χ0) is 10.8. The van der Waals surface area contributed by atoms with E-state index in [1.807, 2.05) is 13.8 Å². The maximum Gasteiger partial charge on any atom is 0.320 e. The van der Waals surface area contributed by atoms with E-state index in [9.17, 15) is 4.79 Å². The number of nitrogens with one attached hydrogen (secondary N) is 1. The highest BCUT2D eigenvalue weighted by molar-refractivity contribution is 5.71. The van der Waals surface area contributed by atoms with Crippen molar-refractivity contribution in [1.82, 2.24) is 10.2 Å². The molecule has 2 heterocycles. The van der Waals surface area contributed by atoms with Crippen molar-refractivity contribution in [3.8, 4) is 0 Å². The second-order valence-electron chi connectivity index (χ2n) is 4.91. The van der Waals surface area contributed by atoms with Gasteiger partial charge in [0.25, 0.3) is 0 Å². The fourth-order valence-corrected chi connectivity index (χ4v) is 2.56. The summed E-state index contributed by atoms with van der Waals surface area (Å²) < 4.78 is 5.14. The molecule has 0 aliphatic carbocycles. The van der Waals surface area contributed by atoms with Crippen molar-refractivity contribution in [2.24, 2.45) is 11.8 Å². The number of rotatable bonds is 3. The van der Waals surface area contributed by atoms with E-state index >= 15 is 0 Å². The fourth-order valence-electron chi connectivity index (χ4n) is 2.56. The molecule has 2 aliphatic rings. The molecule has 86 valence electrons. The average Bonchev–Trinajstić information content (AvgIpc) is 2.60. The van der Waals surface area contributed by atoms with E-state index in [2.05, 4.69) is 10.2 Å². The van der Waals surface area contributed by atoms with Crippen molar-refractivity contribution >= 4 is 5.97 Å². The van der Waals surface area contributed by atoms with Crippen LogP contribution < -0.4 is 5.32 Å². The first kappa shape index (κ1) is 10.9. The van der Waals surface area contributed by atoms with Crippen molar-refractivity contribution < 1.29 is 9.53 Å². The lowest BCUT2D eigenvalue weighted by atomic mass is 10.0. The highest BCUT2D eigenvalue weighted by Crippen LogP contribution is 2.25. The number of ether oxygens (including phenoxy) is 1. The molecule has 0 radical (unpaired) electrons. The summed E-state index contributed by atoms with van der Waals surface area (Å²) >= 11 is 0. The van der Waals surface area contributed by atoms with Crippen LogP contribution in [0.1, 0.15) is 13.8 Å². The van der Waals surface area contributed by atoms with E-state index in [1.165, 1.54) is 0 Å². The molecule has 2 atom stereocenters. The molecular weight excluding hydrogens is 192 g/mol. The van der Waals surface area contributed by atoms with Crippen LogP contribution in [0.4, 0.5) is 0 Å².